The third-order valence-electron chi connectivity index (χ3n) is 4.17. The number of aromatic nitrogens is 3. The first-order chi connectivity index (χ1) is 13.8. The molecule has 0 saturated heterocycles. The molecule has 2 aromatic carbocycles. The average Bonchev–Trinajstić information content (AvgIpc) is 3.26. The van der Waals surface area contributed by atoms with Crippen LogP contribution < -0.4 is 5.43 Å². The minimum absolute atomic E-state index is 0.338. The number of hydrazone groups is 1. The standard InChI is InChI=1S/C22H17N5O/c28-22(27-24-15-16-5-4-12-23-14-16)21-13-20(25-26-21)19-10-8-18(9-11-19)17-6-2-1-3-7-17/h1-15H,(H,25,26)(H,27,28)/b24-15-. The summed E-state index contributed by atoms with van der Waals surface area (Å²) in [5.41, 5.74) is 7.51. The lowest BCUT2D eigenvalue weighted by Crippen LogP contribution is -2.18. The highest BCUT2D eigenvalue weighted by atomic mass is 16.2. The van der Waals surface area contributed by atoms with Gasteiger partial charge >= 0.3 is 0 Å². The number of carbonyl (C=O) groups is 1. The molecule has 6 nitrogen and oxygen atoms in total. The second-order valence-corrected chi connectivity index (χ2v) is 6.10. The molecule has 6 heteroatoms. The van der Waals surface area contributed by atoms with Gasteiger partial charge in [0.25, 0.3) is 5.91 Å². The number of carbonyl (C=O) groups excluding carboxylic acids is 1. The van der Waals surface area contributed by atoms with Crippen LogP contribution in [0.2, 0.25) is 0 Å². The van der Waals surface area contributed by atoms with Crippen LogP contribution in [0.3, 0.4) is 0 Å². The first kappa shape index (κ1) is 17.4. The normalized spacial score (nSPS) is 10.9. The van der Waals surface area contributed by atoms with Gasteiger partial charge in [-0.05, 0) is 23.3 Å². The molecule has 136 valence electrons. The van der Waals surface area contributed by atoms with Gasteiger partial charge in [-0.15, -0.1) is 0 Å². The van der Waals surface area contributed by atoms with Crippen molar-refractivity contribution in [1.29, 1.82) is 0 Å². The molecule has 0 fully saturated rings. The maximum atomic E-state index is 12.2. The highest BCUT2D eigenvalue weighted by molar-refractivity contribution is 5.94. The Hall–Kier alpha value is -4.06. The molecular weight excluding hydrogens is 350 g/mol. The Morgan fingerprint density at radius 1 is 0.929 bits per heavy atom. The zero-order valence-electron chi connectivity index (χ0n) is 14.9. The van der Waals surface area contributed by atoms with E-state index >= 15 is 0 Å². The predicted octanol–water partition coefficient (Wildman–Crippen LogP) is 3.90. The zero-order valence-corrected chi connectivity index (χ0v) is 14.9. The molecular formula is C22H17N5O. The maximum absolute atomic E-state index is 12.2. The fourth-order valence-corrected chi connectivity index (χ4v) is 2.73. The molecule has 0 aliphatic carbocycles. The summed E-state index contributed by atoms with van der Waals surface area (Å²) in [7, 11) is 0. The van der Waals surface area contributed by atoms with E-state index in [0.717, 1.165) is 22.3 Å². The number of nitrogens with zero attached hydrogens (tertiary/aromatic N) is 3. The average molecular weight is 367 g/mol. The molecule has 0 aliphatic heterocycles. The van der Waals surface area contributed by atoms with E-state index in [1.54, 1.807) is 24.5 Å². The monoisotopic (exact) mass is 367 g/mol. The molecule has 0 bridgehead atoms. The second-order valence-electron chi connectivity index (χ2n) is 6.10. The molecule has 4 aromatic rings. The number of nitrogens with one attached hydrogen (secondary N) is 2. The number of aromatic amines is 1. The molecule has 0 aliphatic rings. The molecule has 0 radical (unpaired) electrons. The smallest absolute Gasteiger partial charge is 0.272 e. The molecule has 4 rings (SSSR count). The van der Waals surface area contributed by atoms with Crippen molar-refractivity contribution >= 4 is 12.1 Å². The van der Waals surface area contributed by atoms with Gasteiger partial charge in [-0.2, -0.15) is 10.2 Å². The van der Waals surface area contributed by atoms with Crippen LogP contribution in [0.25, 0.3) is 22.4 Å². The predicted molar refractivity (Wildman–Crippen MR) is 109 cm³/mol. The van der Waals surface area contributed by atoms with Crippen molar-refractivity contribution < 1.29 is 4.79 Å². The molecule has 1 amide bonds. The lowest BCUT2D eigenvalue weighted by Gasteiger charge is -2.02. The van der Waals surface area contributed by atoms with E-state index in [4.69, 9.17) is 0 Å². The molecule has 2 heterocycles. The fraction of sp³-hybridized carbons (Fsp3) is 0. The van der Waals surface area contributed by atoms with E-state index in [-0.39, 0.29) is 5.91 Å². The number of H-pyrrole nitrogens is 1. The molecule has 28 heavy (non-hydrogen) atoms. The summed E-state index contributed by atoms with van der Waals surface area (Å²) in [5.74, 6) is -0.361. The summed E-state index contributed by atoms with van der Waals surface area (Å²) < 4.78 is 0. The summed E-state index contributed by atoms with van der Waals surface area (Å²) in [6.07, 6.45) is 4.86. The van der Waals surface area contributed by atoms with Crippen LogP contribution >= 0.6 is 0 Å². The van der Waals surface area contributed by atoms with Gasteiger partial charge in [0.1, 0.15) is 5.69 Å². The van der Waals surface area contributed by atoms with Gasteiger partial charge in [0.15, 0.2) is 0 Å². The quantitative estimate of drug-likeness (QED) is 0.414. The Bertz CT molecular complexity index is 1090. The largest absolute Gasteiger partial charge is 0.289 e. The van der Waals surface area contributed by atoms with Crippen molar-refractivity contribution in [2.24, 2.45) is 5.10 Å². The second kappa shape index (κ2) is 8.09. The summed E-state index contributed by atoms with van der Waals surface area (Å²) in [6, 6.07) is 23.5. The van der Waals surface area contributed by atoms with Crippen LogP contribution in [-0.4, -0.2) is 27.3 Å². The van der Waals surface area contributed by atoms with Gasteiger partial charge in [0, 0.05) is 23.5 Å². The number of amides is 1. The van der Waals surface area contributed by atoms with Crippen molar-refractivity contribution in [3.63, 3.8) is 0 Å². The number of hydrogen-bond donors (Lipinski definition) is 2. The van der Waals surface area contributed by atoms with E-state index in [9.17, 15) is 4.79 Å². The zero-order chi connectivity index (χ0) is 19.2. The van der Waals surface area contributed by atoms with Crippen LogP contribution in [0.1, 0.15) is 16.1 Å². The van der Waals surface area contributed by atoms with E-state index < -0.39 is 0 Å². The summed E-state index contributed by atoms with van der Waals surface area (Å²) >= 11 is 0. The lowest BCUT2D eigenvalue weighted by molar-refractivity contribution is 0.0950. The Labute approximate surface area is 162 Å². The lowest BCUT2D eigenvalue weighted by atomic mass is 10.0. The third-order valence-corrected chi connectivity index (χ3v) is 4.17. The molecule has 0 atom stereocenters. The number of hydrogen-bond acceptors (Lipinski definition) is 4. The van der Waals surface area contributed by atoms with Crippen LogP contribution in [0, 0.1) is 0 Å². The van der Waals surface area contributed by atoms with Crippen molar-refractivity contribution in [1.82, 2.24) is 20.6 Å². The van der Waals surface area contributed by atoms with Crippen LogP contribution in [0.4, 0.5) is 0 Å². The maximum Gasteiger partial charge on any atom is 0.289 e. The van der Waals surface area contributed by atoms with Crippen LogP contribution in [0.15, 0.2) is 90.3 Å². The highest BCUT2D eigenvalue weighted by Crippen LogP contribution is 2.24. The minimum atomic E-state index is -0.361. The minimum Gasteiger partial charge on any atom is -0.272 e. The van der Waals surface area contributed by atoms with E-state index in [0.29, 0.717) is 11.4 Å². The first-order valence-electron chi connectivity index (χ1n) is 8.74. The number of pyridine rings is 1. The first-order valence-corrected chi connectivity index (χ1v) is 8.74. The number of benzene rings is 2. The van der Waals surface area contributed by atoms with Crippen molar-refractivity contribution in [2.45, 2.75) is 0 Å². The van der Waals surface area contributed by atoms with Crippen LogP contribution in [-0.2, 0) is 0 Å². The SMILES string of the molecule is O=C(N/N=C\c1cccnc1)c1cc(-c2ccc(-c3ccccc3)cc2)n[nH]1. The summed E-state index contributed by atoms with van der Waals surface area (Å²) in [5, 5.41) is 10.9. The van der Waals surface area contributed by atoms with E-state index in [1.807, 2.05) is 48.5 Å². The third kappa shape index (κ3) is 4.02. The molecule has 0 saturated carbocycles. The van der Waals surface area contributed by atoms with Gasteiger partial charge in [-0.1, -0.05) is 60.7 Å². The van der Waals surface area contributed by atoms with Gasteiger partial charge in [0.05, 0.1) is 11.9 Å². The van der Waals surface area contributed by atoms with Gasteiger partial charge in [0.2, 0.25) is 0 Å². The molecule has 2 aromatic heterocycles. The van der Waals surface area contributed by atoms with Gasteiger partial charge in [-0.25, -0.2) is 5.43 Å². The molecule has 0 unspecified atom stereocenters. The molecule has 2 N–H and O–H groups in total. The summed E-state index contributed by atoms with van der Waals surface area (Å²) in [4.78, 5) is 16.2. The molecule has 0 spiro atoms. The van der Waals surface area contributed by atoms with E-state index in [2.05, 4.69) is 37.8 Å². The van der Waals surface area contributed by atoms with Crippen LogP contribution in [0.5, 0.6) is 0 Å². The van der Waals surface area contributed by atoms with Crippen molar-refractivity contribution in [2.75, 3.05) is 0 Å². The Morgan fingerprint density at radius 3 is 2.43 bits per heavy atom. The summed E-state index contributed by atoms with van der Waals surface area (Å²) in [6.45, 7) is 0. The Kier molecular flexibility index (Phi) is 5.02. The van der Waals surface area contributed by atoms with Gasteiger partial charge in [-0.3, -0.25) is 14.9 Å². The number of rotatable bonds is 5. The Morgan fingerprint density at radius 2 is 1.68 bits per heavy atom. The topological polar surface area (TPSA) is 83.0 Å². The highest BCUT2D eigenvalue weighted by Gasteiger charge is 2.10. The van der Waals surface area contributed by atoms with Gasteiger partial charge < -0.3 is 0 Å². The van der Waals surface area contributed by atoms with Crippen molar-refractivity contribution in [3.05, 3.63) is 96.4 Å². The van der Waals surface area contributed by atoms with Crippen molar-refractivity contribution in [3.8, 4) is 22.4 Å². The fourth-order valence-electron chi connectivity index (χ4n) is 2.73. The Balaban J connectivity index is 1.44. The van der Waals surface area contributed by atoms with E-state index in [1.165, 1.54) is 6.21 Å².